The predicted molar refractivity (Wildman–Crippen MR) is 70.5 cm³/mol. The van der Waals surface area contributed by atoms with Crippen LogP contribution in [0.4, 0.5) is 5.69 Å². The van der Waals surface area contributed by atoms with Crippen LogP contribution < -0.4 is 10.5 Å². The predicted octanol–water partition coefficient (Wildman–Crippen LogP) is 1.04. The van der Waals surface area contributed by atoms with Crippen LogP contribution in [0, 0.1) is 0 Å². The summed E-state index contributed by atoms with van der Waals surface area (Å²) in [5, 5.41) is 9.02. The molecule has 7 nitrogen and oxygen atoms in total. The van der Waals surface area contributed by atoms with Gasteiger partial charge in [-0.25, -0.2) is 17.9 Å². The minimum atomic E-state index is -3.99. The molecule has 0 saturated heterocycles. The zero-order valence-corrected chi connectivity index (χ0v) is 11.1. The van der Waals surface area contributed by atoms with Gasteiger partial charge in [0.05, 0.1) is 23.0 Å². The van der Waals surface area contributed by atoms with Crippen LogP contribution >= 0.6 is 0 Å². The highest BCUT2D eigenvalue weighted by molar-refractivity contribution is 7.89. The van der Waals surface area contributed by atoms with Gasteiger partial charge in [-0.3, -0.25) is 0 Å². The standard InChI is InChI=1S/C12H12N2O5S/c13-9-1-2-10(12(15)16)11(5-9)20(17,18)14-6-8-3-4-19-7-8/h1-5,7,14H,6,13H2,(H,15,16). The van der Waals surface area contributed by atoms with E-state index in [1.807, 2.05) is 0 Å². The Hall–Kier alpha value is -2.32. The first-order valence-electron chi connectivity index (χ1n) is 5.54. The first kappa shape index (κ1) is 14.1. The number of nitrogens with one attached hydrogen (secondary N) is 1. The van der Waals surface area contributed by atoms with Gasteiger partial charge in [-0.2, -0.15) is 0 Å². The van der Waals surface area contributed by atoms with Gasteiger partial charge < -0.3 is 15.3 Å². The summed E-state index contributed by atoms with van der Waals surface area (Å²) in [7, 11) is -3.99. The number of carboxylic acids is 1. The van der Waals surface area contributed by atoms with Crippen molar-refractivity contribution in [2.45, 2.75) is 11.4 Å². The second kappa shape index (κ2) is 5.35. The van der Waals surface area contributed by atoms with E-state index in [9.17, 15) is 13.2 Å². The molecule has 0 fully saturated rings. The first-order chi connectivity index (χ1) is 9.40. The fourth-order valence-electron chi connectivity index (χ4n) is 1.59. The summed E-state index contributed by atoms with van der Waals surface area (Å²) in [6.07, 6.45) is 2.80. The molecule has 0 atom stereocenters. The summed E-state index contributed by atoms with van der Waals surface area (Å²) < 4.78 is 31.4. The van der Waals surface area contributed by atoms with Crippen LogP contribution in [0.15, 0.2) is 46.1 Å². The molecule has 4 N–H and O–H groups in total. The summed E-state index contributed by atoms with van der Waals surface area (Å²) in [6, 6.07) is 5.20. The average molecular weight is 296 g/mol. The first-order valence-corrected chi connectivity index (χ1v) is 7.02. The molecule has 0 radical (unpaired) electrons. The number of furan rings is 1. The lowest BCUT2D eigenvalue weighted by Crippen LogP contribution is -2.25. The molecule has 106 valence electrons. The number of carboxylic acid groups (broad SMARTS) is 1. The lowest BCUT2D eigenvalue weighted by atomic mass is 10.2. The molecule has 0 unspecified atom stereocenters. The maximum absolute atomic E-state index is 12.1. The van der Waals surface area contributed by atoms with Crippen LogP contribution in [0.2, 0.25) is 0 Å². The van der Waals surface area contributed by atoms with Crippen molar-refractivity contribution in [3.05, 3.63) is 47.9 Å². The molecule has 0 bridgehead atoms. The third kappa shape index (κ3) is 2.98. The second-order valence-electron chi connectivity index (χ2n) is 4.02. The summed E-state index contributed by atoms with van der Waals surface area (Å²) >= 11 is 0. The Bertz CT molecular complexity index is 722. The van der Waals surface area contributed by atoms with Crippen LogP contribution in [0.5, 0.6) is 0 Å². The van der Waals surface area contributed by atoms with Gasteiger partial charge in [0.25, 0.3) is 0 Å². The van der Waals surface area contributed by atoms with Crippen molar-refractivity contribution in [3.8, 4) is 0 Å². The zero-order chi connectivity index (χ0) is 14.8. The van der Waals surface area contributed by atoms with Gasteiger partial charge in [-0.15, -0.1) is 0 Å². The number of carbonyl (C=O) groups is 1. The third-order valence-electron chi connectivity index (χ3n) is 2.57. The van der Waals surface area contributed by atoms with Crippen LogP contribution in [0.3, 0.4) is 0 Å². The Morgan fingerprint density at radius 2 is 2.10 bits per heavy atom. The quantitative estimate of drug-likeness (QED) is 0.708. The van der Waals surface area contributed by atoms with Crippen molar-refractivity contribution >= 4 is 21.7 Å². The van der Waals surface area contributed by atoms with Gasteiger partial charge in [0.2, 0.25) is 10.0 Å². The number of rotatable bonds is 5. The number of nitrogens with two attached hydrogens (primary N) is 1. The normalized spacial score (nSPS) is 11.4. The third-order valence-corrected chi connectivity index (χ3v) is 4.01. The number of benzene rings is 1. The number of aromatic carboxylic acids is 1. The maximum atomic E-state index is 12.1. The fourth-order valence-corrected chi connectivity index (χ4v) is 2.84. The lowest BCUT2D eigenvalue weighted by Gasteiger charge is -2.09. The minimum absolute atomic E-state index is 0.00725. The van der Waals surface area contributed by atoms with E-state index in [1.165, 1.54) is 18.6 Å². The second-order valence-corrected chi connectivity index (χ2v) is 5.75. The molecule has 20 heavy (non-hydrogen) atoms. The minimum Gasteiger partial charge on any atom is -0.478 e. The van der Waals surface area contributed by atoms with Crippen molar-refractivity contribution in [1.29, 1.82) is 0 Å². The van der Waals surface area contributed by atoms with Gasteiger partial charge in [-0.05, 0) is 24.3 Å². The Balaban J connectivity index is 2.33. The van der Waals surface area contributed by atoms with Crippen LogP contribution in [0.25, 0.3) is 0 Å². The lowest BCUT2D eigenvalue weighted by molar-refractivity contribution is 0.0692. The Labute approximate surface area is 115 Å². The van der Waals surface area contributed by atoms with Crippen molar-refractivity contribution < 1.29 is 22.7 Å². The molecule has 0 amide bonds. The molecule has 1 aromatic heterocycles. The van der Waals surface area contributed by atoms with Crippen LogP contribution in [-0.4, -0.2) is 19.5 Å². The van der Waals surface area contributed by atoms with Crippen LogP contribution in [-0.2, 0) is 16.6 Å². The van der Waals surface area contributed by atoms with Crippen molar-refractivity contribution in [2.24, 2.45) is 0 Å². The highest BCUT2D eigenvalue weighted by Crippen LogP contribution is 2.19. The molecule has 0 aliphatic rings. The monoisotopic (exact) mass is 296 g/mol. The van der Waals surface area contributed by atoms with E-state index in [0.29, 0.717) is 5.56 Å². The van der Waals surface area contributed by atoms with E-state index in [1.54, 1.807) is 6.07 Å². The van der Waals surface area contributed by atoms with Crippen LogP contribution in [0.1, 0.15) is 15.9 Å². The highest BCUT2D eigenvalue weighted by Gasteiger charge is 2.22. The molecule has 1 heterocycles. The topological polar surface area (TPSA) is 123 Å². The molecule has 0 spiro atoms. The number of nitrogen functional groups attached to an aromatic ring is 1. The van der Waals surface area contributed by atoms with E-state index in [2.05, 4.69) is 4.72 Å². The van der Waals surface area contributed by atoms with Gasteiger partial charge in [0.1, 0.15) is 0 Å². The largest absolute Gasteiger partial charge is 0.478 e. The van der Waals surface area contributed by atoms with E-state index >= 15 is 0 Å². The van der Waals surface area contributed by atoms with E-state index in [4.69, 9.17) is 15.3 Å². The molecule has 2 aromatic rings. The SMILES string of the molecule is Nc1ccc(C(=O)O)c(S(=O)(=O)NCc2ccoc2)c1. The van der Waals surface area contributed by atoms with Gasteiger partial charge in [0.15, 0.2) is 0 Å². The Morgan fingerprint density at radius 3 is 2.70 bits per heavy atom. The molecular formula is C12H12N2O5S. The molecular weight excluding hydrogens is 284 g/mol. The van der Waals surface area contributed by atoms with Gasteiger partial charge >= 0.3 is 5.97 Å². The maximum Gasteiger partial charge on any atom is 0.337 e. The van der Waals surface area contributed by atoms with Crippen molar-refractivity contribution in [2.75, 3.05) is 5.73 Å². The Morgan fingerprint density at radius 1 is 1.35 bits per heavy atom. The van der Waals surface area contributed by atoms with E-state index in [-0.39, 0.29) is 22.7 Å². The van der Waals surface area contributed by atoms with Crippen molar-refractivity contribution in [3.63, 3.8) is 0 Å². The zero-order valence-electron chi connectivity index (χ0n) is 10.2. The van der Waals surface area contributed by atoms with Gasteiger partial charge in [-0.1, -0.05) is 0 Å². The van der Waals surface area contributed by atoms with Gasteiger partial charge in [0, 0.05) is 17.8 Å². The summed E-state index contributed by atoms with van der Waals surface area (Å²) in [4.78, 5) is 10.7. The highest BCUT2D eigenvalue weighted by atomic mass is 32.2. The van der Waals surface area contributed by atoms with E-state index in [0.717, 1.165) is 12.1 Å². The summed E-state index contributed by atoms with van der Waals surface area (Å²) in [6.45, 7) is -0.00725. The average Bonchev–Trinajstić information content (AvgIpc) is 2.89. The molecule has 2 rings (SSSR count). The molecule has 0 aliphatic heterocycles. The summed E-state index contributed by atoms with van der Waals surface area (Å²) in [5.74, 6) is -1.34. The molecule has 0 aliphatic carbocycles. The Kier molecular flexibility index (Phi) is 3.77. The molecule has 0 saturated carbocycles. The van der Waals surface area contributed by atoms with E-state index < -0.39 is 16.0 Å². The number of sulfonamides is 1. The number of anilines is 1. The fraction of sp³-hybridized carbons (Fsp3) is 0.0833. The molecule has 8 heteroatoms. The summed E-state index contributed by atoms with van der Waals surface area (Å²) in [5.41, 5.74) is 5.97. The van der Waals surface area contributed by atoms with Crippen molar-refractivity contribution in [1.82, 2.24) is 4.72 Å². The molecule has 1 aromatic carbocycles. The smallest absolute Gasteiger partial charge is 0.337 e. The number of hydrogen-bond acceptors (Lipinski definition) is 5. The number of hydrogen-bond donors (Lipinski definition) is 3.